The van der Waals surface area contributed by atoms with Gasteiger partial charge in [-0.25, -0.2) is 0 Å². The first-order valence-electron chi connectivity index (χ1n) is 6.07. The van der Waals surface area contributed by atoms with E-state index in [4.69, 9.17) is 18.0 Å². The van der Waals surface area contributed by atoms with Gasteiger partial charge in [-0.05, 0) is 25.8 Å². The van der Waals surface area contributed by atoms with E-state index in [-0.39, 0.29) is 16.9 Å². The van der Waals surface area contributed by atoms with Crippen LogP contribution in [0.2, 0.25) is 0 Å². The average Bonchev–Trinajstić information content (AvgIpc) is 2.65. The van der Waals surface area contributed by atoms with Crippen LogP contribution >= 0.6 is 12.2 Å². The van der Waals surface area contributed by atoms with E-state index >= 15 is 0 Å². The zero-order valence-electron chi connectivity index (χ0n) is 11.2. The number of aromatic nitrogens is 2. The molecule has 0 aromatic carbocycles. The Bertz CT molecular complexity index is 545. The van der Waals surface area contributed by atoms with Crippen molar-refractivity contribution in [3.63, 3.8) is 0 Å². The number of amides is 1. The van der Waals surface area contributed by atoms with Gasteiger partial charge in [0.15, 0.2) is 5.82 Å². The fraction of sp³-hybridized carbons (Fsp3) is 0.500. The number of nitrogens with zero attached hydrogens (tertiary/aromatic N) is 3. The summed E-state index contributed by atoms with van der Waals surface area (Å²) in [6, 6.07) is -0.283. The quantitative estimate of drug-likeness (QED) is 0.778. The number of carbonyl (C=O) groups excluding carboxylic acids is 1. The molecule has 7 heteroatoms. The smallest absolute Gasteiger partial charge is 0.244 e. The highest BCUT2D eigenvalue weighted by molar-refractivity contribution is 7.80. The number of aryl methyl sites for hydroxylation is 1. The third kappa shape index (κ3) is 2.51. The van der Waals surface area contributed by atoms with Gasteiger partial charge in [-0.3, -0.25) is 4.79 Å². The van der Waals surface area contributed by atoms with Crippen molar-refractivity contribution in [3.8, 4) is 0 Å². The first-order chi connectivity index (χ1) is 8.91. The van der Waals surface area contributed by atoms with Gasteiger partial charge in [0.1, 0.15) is 11.0 Å². The van der Waals surface area contributed by atoms with Crippen LogP contribution < -0.4 is 11.1 Å². The van der Waals surface area contributed by atoms with Crippen LogP contribution in [0.5, 0.6) is 0 Å². The minimum absolute atomic E-state index is 0.0499. The SMILES string of the molecule is Cc1nnc(NC2CCN(C)C2=O)c(C(N)=S)c1C. The zero-order chi connectivity index (χ0) is 14.2. The third-order valence-electron chi connectivity index (χ3n) is 3.44. The molecule has 19 heavy (non-hydrogen) atoms. The molecule has 2 rings (SSSR count). The summed E-state index contributed by atoms with van der Waals surface area (Å²) in [6.45, 7) is 4.48. The number of likely N-dealkylation sites (N-methyl/N-ethyl adjacent to an activating group) is 1. The minimum Gasteiger partial charge on any atom is -0.389 e. The standard InChI is InChI=1S/C12H17N5OS/c1-6-7(2)15-16-11(9(6)10(13)19)14-8-4-5-17(3)12(8)18/h8H,4-5H2,1-3H3,(H2,13,19)(H,14,16). The summed E-state index contributed by atoms with van der Waals surface area (Å²) in [7, 11) is 1.78. The molecule has 1 amide bonds. The molecule has 1 aromatic heterocycles. The van der Waals surface area contributed by atoms with Crippen molar-refractivity contribution in [1.82, 2.24) is 15.1 Å². The molecule has 1 aliphatic heterocycles. The number of likely N-dealkylation sites (tertiary alicyclic amines) is 1. The van der Waals surface area contributed by atoms with Gasteiger partial charge in [-0.15, -0.1) is 5.10 Å². The number of carbonyl (C=O) groups is 1. The van der Waals surface area contributed by atoms with Gasteiger partial charge in [0.2, 0.25) is 5.91 Å². The van der Waals surface area contributed by atoms with E-state index in [1.54, 1.807) is 11.9 Å². The summed E-state index contributed by atoms with van der Waals surface area (Å²) >= 11 is 5.06. The molecule has 102 valence electrons. The van der Waals surface area contributed by atoms with Crippen LogP contribution in [0.25, 0.3) is 0 Å². The van der Waals surface area contributed by atoms with E-state index in [1.807, 2.05) is 13.8 Å². The molecule has 6 nitrogen and oxygen atoms in total. The minimum atomic E-state index is -0.283. The van der Waals surface area contributed by atoms with Crippen molar-refractivity contribution < 1.29 is 4.79 Å². The van der Waals surface area contributed by atoms with Crippen molar-refractivity contribution in [2.75, 3.05) is 18.9 Å². The van der Waals surface area contributed by atoms with E-state index < -0.39 is 0 Å². The van der Waals surface area contributed by atoms with E-state index in [9.17, 15) is 4.79 Å². The fourth-order valence-corrected chi connectivity index (χ4v) is 2.38. The largest absolute Gasteiger partial charge is 0.389 e. The molecule has 0 saturated carbocycles. The number of rotatable bonds is 3. The second-order valence-corrected chi connectivity index (χ2v) is 5.18. The molecule has 1 aromatic rings. The summed E-state index contributed by atoms with van der Waals surface area (Å²) in [6.07, 6.45) is 0.737. The molecule has 1 unspecified atom stereocenters. The van der Waals surface area contributed by atoms with Crippen LogP contribution in [0.1, 0.15) is 23.2 Å². The third-order valence-corrected chi connectivity index (χ3v) is 3.64. The first kappa shape index (κ1) is 13.7. The lowest BCUT2D eigenvalue weighted by Gasteiger charge is -2.16. The summed E-state index contributed by atoms with van der Waals surface area (Å²) in [5.41, 5.74) is 8.09. The molecule has 0 spiro atoms. The van der Waals surface area contributed by atoms with Crippen LogP contribution in [0.4, 0.5) is 5.82 Å². The molecule has 3 N–H and O–H groups in total. The van der Waals surface area contributed by atoms with Crippen molar-refractivity contribution >= 4 is 28.9 Å². The van der Waals surface area contributed by atoms with Gasteiger partial charge in [-0.2, -0.15) is 5.10 Å². The Hall–Kier alpha value is -1.76. The maximum Gasteiger partial charge on any atom is 0.244 e. The Morgan fingerprint density at radius 3 is 2.68 bits per heavy atom. The normalized spacial score (nSPS) is 18.8. The Morgan fingerprint density at radius 1 is 1.47 bits per heavy atom. The first-order valence-corrected chi connectivity index (χ1v) is 6.48. The highest BCUT2D eigenvalue weighted by Crippen LogP contribution is 2.21. The predicted octanol–water partition coefficient (Wildman–Crippen LogP) is 0.370. The van der Waals surface area contributed by atoms with Gasteiger partial charge in [0.05, 0.1) is 11.3 Å². The number of nitrogens with two attached hydrogens (primary N) is 1. The van der Waals surface area contributed by atoms with Crippen LogP contribution in [0.3, 0.4) is 0 Å². The number of hydrogen-bond acceptors (Lipinski definition) is 5. The van der Waals surface area contributed by atoms with E-state index in [1.165, 1.54) is 0 Å². The van der Waals surface area contributed by atoms with Gasteiger partial charge in [-0.1, -0.05) is 12.2 Å². The maximum atomic E-state index is 11.9. The fourth-order valence-electron chi connectivity index (χ4n) is 2.13. The van der Waals surface area contributed by atoms with Crippen molar-refractivity contribution in [1.29, 1.82) is 0 Å². The van der Waals surface area contributed by atoms with Crippen LogP contribution in [-0.4, -0.2) is 45.6 Å². The molecule has 1 aliphatic rings. The Balaban J connectivity index is 2.33. The molecule has 0 aliphatic carbocycles. The number of thiocarbonyl (C=S) groups is 1. The predicted molar refractivity (Wildman–Crippen MR) is 77.1 cm³/mol. The number of nitrogens with one attached hydrogen (secondary N) is 1. The van der Waals surface area contributed by atoms with E-state index in [0.717, 1.165) is 24.2 Å². The molecule has 0 bridgehead atoms. The monoisotopic (exact) mass is 279 g/mol. The summed E-state index contributed by atoms with van der Waals surface area (Å²) < 4.78 is 0. The summed E-state index contributed by atoms with van der Waals surface area (Å²) in [5, 5.41) is 11.2. The van der Waals surface area contributed by atoms with Crippen molar-refractivity contribution in [3.05, 3.63) is 16.8 Å². The Labute approximate surface area is 117 Å². The summed E-state index contributed by atoms with van der Waals surface area (Å²) in [5.74, 6) is 0.540. The Kier molecular flexibility index (Phi) is 3.66. The van der Waals surface area contributed by atoms with Crippen LogP contribution in [0, 0.1) is 13.8 Å². The van der Waals surface area contributed by atoms with Gasteiger partial charge in [0, 0.05) is 13.6 Å². The van der Waals surface area contributed by atoms with Gasteiger partial charge in [0.25, 0.3) is 0 Å². The zero-order valence-corrected chi connectivity index (χ0v) is 12.0. The average molecular weight is 279 g/mol. The van der Waals surface area contributed by atoms with E-state index in [0.29, 0.717) is 11.4 Å². The highest BCUT2D eigenvalue weighted by atomic mass is 32.1. The maximum absolute atomic E-state index is 11.9. The molecule has 2 heterocycles. The van der Waals surface area contributed by atoms with Crippen molar-refractivity contribution in [2.45, 2.75) is 26.3 Å². The Morgan fingerprint density at radius 2 is 2.16 bits per heavy atom. The molecule has 0 radical (unpaired) electrons. The second-order valence-electron chi connectivity index (χ2n) is 4.74. The molecular formula is C12H17N5OS. The van der Waals surface area contributed by atoms with Gasteiger partial charge >= 0.3 is 0 Å². The van der Waals surface area contributed by atoms with Crippen LogP contribution in [0.15, 0.2) is 0 Å². The lowest BCUT2D eigenvalue weighted by Crippen LogP contribution is -2.32. The highest BCUT2D eigenvalue weighted by Gasteiger charge is 2.30. The second kappa shape index (κ2) is 5.08. The summed E-state index contributed by atoms with van der Waals surface area (Å²) in [4.78, 5) is 13.8. The van der Waals surface area contributed by atoms with Crippen LogP contribution in [-0.2, 0) is 4.79 Å². The topological polar surface area (TPSA) is 84.1 Å². The molecule has 1 fully saturated rings. The number of anilines is 1. The lowest BCUT2D eigenvalue weighted by molar-refractivity contribution is -0.127. The lowest BCUT2D eigenvalue weighted by atomic mass is 10.1. The van der Waals surface area contributed by atoms with E-state index in [2.05, 4.69) is 15.5 Å². The molecular weight excluding hydrogens is 262 g/mol. The molecule has 1 saturated heterocycles. The van der Waals surface area contributed by atoms with Crippen molar-refractivity contribution in [2.24, 2.45) is 5.73 Å². The number of hydrogen-bond donors (Lipinski definition) is 2. The molecule has 1 atom stereocenters. The van der Waals surface area contributed by atoms with Gasteiger partial charge < -0.3 is 16.0 Å².